The molecule has 0 saturated carbocycles. The lowest BCUT2D eigenvalue weighted by atomic mass is 10.0. The Kier molecular flexibility index (Phi) is 9.21. The highest BCUT2D eigenvalue weighted by Gasteiger charge is 2.27. The lowest BCUT2D eigenvalue weighted by molar-refractivity contribution is -0.122. The molecule has 1 aromatic rings. The average Bonchev–Trinajstić information content (AvgIpc) is 2.54. The topological polar surface area (TPSA) is 73.5 Å². The van der Waals surface area contributed by atoms with E-state index < -0.39 is 6.03 Å². The van der Waals surface area contributed by atoms with E-state index in [2.05, 4.69) is 16.0 Å². The van der Waals surface area contributed by atoms with E-state index in [0.717, 1.165) is 25.2 Å². The number of amides is 3. The van der Waals surface area contributed by atoms with E-state index in [-0.39, 0.29) is 30.9 Å². The van der Waals surface area contributed by atoms with Gasteiger partial charge in [0.15, 0.2) is 0 Å². The maximum Gasteiger partial charge on any atom is 0.321 e. The van der Waals surface area contributed by atoms with Gasteiger partial charge < -0.3 is 10.6 Å². The van der Waals surface area contributed by atoms with Gasteiger partial charge >= 0.3 is 6.03 Å². The fourth-order valence-corrected chi connectivity index (χ4v) is 2.94. The van der Waals surface area contributed by atoms with Gasteiger partial charge in [0.2, 0.25) is 5.91 Å². The van der Waals surface area contributed by atoms with E-state index in [9.17, 15) is 9.59 Å². The lowest BCUT2D eigenvalue weighted by Gasteiger charge is -2.36. The van der Waals surface area contributed by atoms with Gasteiger partial charge in [-0.25, -0.2) is 4.79 Å². The van der Waals surface area contributed by atoms with Crippen molar-refractivity contribution in [1.82, 2.24) is 20.9 Å². The summed E-state index contributed by atoms with van der Waals surface area (Å²) < 4.78 is 0. The van der Waals surface area contributed by atoms with Crippen LogP contribution in [0.3, 0.4) is 0 Å². The molecule has 8 heteroatoms. The third-order valence-corrected chi connectivity index (χ3v) is 4.23. The summed E-state index contributed by atoms with van der Waals surface area (Å²) in [5.74, 6) is 0.0267. The van der Waals surface area contributed by atoms with E-state index in [1.54, 1.807) is 0 Å². The van der Waals surface area contributed by atoms with Crippen molar-refractivity contribution < 1.29 is 9.59 Å². The molecule has 0 aliphatic carbocycles. The van der Waals surface area contributed by atoms with Gasteiger partial charge in [-0.2, -0.15) is 0 Å². The largest absolute Gasteiger partial charge is 0.338 e. The smallest absolute Gasteiger partial charge is 0.321 e. The fraction of sp³-hybridized carbons (Fsp3) is 0.529. The van der Waals surface area contributed by atoms with Crippen LogP contribution in [0.5, 0.6) is 0 Å². The summed E-state index contributed by atoms with van der Waals surface area (Å²) in [6.07, 6.45) is 0. The molecule has 1 unspecified atom stereocenters. The molecular weight excluding hydrogens is 363 g/mol. The third kappa shape index (κ3) is 6.82. The zero-order valence-electron chi connectivity index (χ0n) is 14.5. The first kappa shape index (κ1) is 21.7. The number of nitrogens with zero attached hydrogens (tertiary/aromatic N) is 1. The number of rotatable bonds is 5. The second-order valence-electron chi connectivity index (χ2n) is 6.36. The van der Waals surface area contributed by atoms with Crippen molar-refractivity contribution in [3.8, 4) is 0 Å². The molecule has 1 saturated heterocycles. The van der Waals surface area contributed by atoms with Gasteiger partial charge in [-0.05, 0) is 17.5 Å². The molecule has 3 N–H and O–H groups in total. The number of hydrogen-bond acceptors (Lipinski definition) is 4. The summed E-state index contributed by atoms with van der Waals surface area (Å²) >= 11 is 6.30. The minimum Gasteiger partial charge on any atom is -0.338 e. The predicted octanol–water partition coefficient (Wildman–Crippen LogP) is 2.19. The lowest BCUT2D eigenvalue weighted by Crippen LogP contribution is -2.51. The molecule has 0 bridgehead atoms. The fourth-order valence-electron chi connectivity index (χ4n) is 2.68. The Morgan fingerprint density at radius 1 is 1.36 bits per heavy atom. The first-order chi connectivity index (χ1) is 11.5. The number of piperazine rings is 1. The normalized spacial score (nSPS) is 17.7. The Bertz CT molecular complexity index is 584. The van der Waals surface area contributed by atoms with Crippen molar-refractivity contribution in [2.75, 3.05) is 32.7 Å². The third-order valence-electron chi connectivity index (χ3n) is 3.89. The van der Waals surface area contributed by atoms with Crippen LogP contribution in [-0.2, 0) is 4.79 Å². The number of hydrogen-bond donors (Lipinski definition) is 3. The molecule has 0 aromatic heterocycles. The summed E-state index contributed by atoms with van der Waals surface area (Å²) in [7, 11) is 0. The molecule has 2 rings (SSSR count). The second-order valence-corrected chi connectivity index (χ2v) is 6.77. The van der Waals surface area contributed by atoms with Crippen LogP contribution in [0.1, 0.15) is 25.5 Å². The highest BCUT2D eigenvalue weighted by Crippen LogP contribution is 2.28. The average molecular weight is 389 g/mol. The van der Waals surface area contributed by atoms with E-state index in [4.69, 9.17) is 11.6 Å². The van der Waals surface area contributed by atoms with Crippen LogP contribution >= 0.6 is 24.0 Å². The number of benzene rings is 1. The second kappa shape index (κ2) is 10.6. The van der Waals surface area contributed by atoms with Crippen molar-refractivity contribution in [3.05, 3.63) is 34.9 Å². The number of carbonyl (C=O) groups is 2. The standard InChI is InChI=1S/C17H25ClN4O2.ClH/c1-12(2)9-20-17(24)21-16(23)11-22-8-7-19-10-15(22)13-5-3-4-6-14(13)18;/h3-6,12,15,19H,7-11H2,1-2H3,(H2,20,21,23,24);1H. The maximum absolute atomic E-state index is 12.2. The first-order valence-electron chi connectivity index (χ1n) is 8.24. The molecular formula is C17H26Cl2N4O2. The molecule has 1 atom stereocenters. The predicted molar refractivity (Wildman–Crippen MR) is 102 cm³/mol. The molecule has 1 heterocycles. The monoisotopic (exact) mass is 388 g/mol. The number of halogens is 2. The van der Waals surface area contributed by atoms with Crippen LogP contribution in [0.25, 0.3) is 0 Å². The molecule has 140 valence electrons. The van der Waals surface area contributed by atoms with Crippen LogP contribution in [-0.4, -0.2) is 49.6 Å². The Morgan fingerprint density at radius 3 is 2.76 bits per heavy atom. The summed E-state index contributed by atoms with van der Waals surface area (Å²) in [6, 6.07) is 7.21. The Balaban J connectivity index is 0.00000312. The van der Waals surface area contributed by atoms with Gasteiger partial charge in [0.25, 0.3) is 0 Å². The highest BCUT2D eigenvalue weighted by molar-refractivity contribution is 6.31. The zero-order chi connectivity index (χ0) is 17.5. The quantitative estimate of drug-likeness (QED) is 0.722. The number of urea groups is 1. The van der Waals surface area contributed by atoms with Gasteiger partial charge in [0.1, 0.15) is 0 Å². The van der Waals surface area contributed by atoms with Crippen LogP contribution in [0.15, 0.2) is 24.3 Å². The molecule has 0 radical (unpaired) electrons. The van der Waals surface area contributed by atoms with Crippen molar-refractivity contribution in [2.24, 2.45) is 5.92 Å². The molecule has 1 fully saturated rings. The van der Waals surface area contributed by atoms with Gasteiger partial charge in [-0.1, -0.05) is 43.6 Å². The van der Waals surface area contributed by atoms with Gasteiger partial charge in [0, 0.05) is 37.2 Å². The van der Waals surface area contributed by atoms with Crippen molar-refractivity contribution in [1.29, 1.82) is 0 Å². The van der Waals surface area contributed by atoms with E-state index >= 15 is 0 Å². The van der Waals surface area contributed by atoms with Crippen molar-refractivity contribution in [2.45, 2.75) is 19.9 Å². The molecule has 1 aliphatic rings. The number of carbonyl (C=O) groups excluding carboxylic acids is 2. The Labute approximate surface area is 160 Å². The Morgan fingerprint density at radius 2 is 2.08 bits per heavy atom. The first-order valence-corrected chi connectivity index (χ1v) is 8.62. The highest BCUT2D eigenvalue weighted by atomic mass is 35.5. The zero-order valence-corrected chi connectivity index (χ0v) is 16.1. The van der Waals surface area contributed by atoms with E-state index in [1.165, 1.54) is 0 Å². The van der Waals surface area contributed by atoms with E-state index in [0.29, 0.717) is 17.5 Å². The number of nitrogens with one attached hydrogen (secondary N) is 3. The minimum absolute atomic E-state index is 0. The SMILES string of the molecule is CC(C)CNC(=O)NC(=O)CN1CCNCC1c1ccccc1Cl.Cl. The minimum atomic E-state index is -0.446. The summed E-state index contributed by atoms with van der Waals surface area (Å²) in [5.41, 5.74) is 0.989. The molecule has 0 spiro atoms. The van der Waals surface area contributed by atoms with Crippen LogP contribution < -0.4 is 16.0 Å². The summed E-state index contributed by atoms with van der Waals surface area (Å²) in [6.45, 7) is 6.93. The molecule has 1 aromatic carbocycles. The van der Waals surface area contributed by atoms with Crippen LogP contribution in [0.4, 0.5) is 4.79 Å². The summed E-state index contributed by atoms with van der Waals surface area (Å²) in [4.78, 5) is 25.9. The van der Waals surface area contributed by atoms with Gasteiger partial charge in [-0.15, -0.1) is 12.4 Å². The van der Waals surface area contributed by atoms with Gasteiger partial charge in [-0.3, -0.25) is 15.0 Å². The maximum atomic E-state index is 12.2. The van der Waals surface area contributed by atoms with E-state index in [1.807, 2.05) is 43.0 Å². The Hall–Kier alpha value is -1.34. The number of imide groups is 1. The van der Waals surface area contributed by atoms with Crippen molar-refractivity contribution in [3.63, 3.8) is 0 Å². The van der Waals surface area contributed by atoms with Crippen LogP contribution in [0, 0.1) is 5.92 Å². The van der Waals surface area contributed by atoms with Crippen molar-refractivity contribution >= 4 is 35.9 Å². The molecule has 3 amide bonds. The van der Waals surface area contributed by atoms with Crippen LogP contribution in [0.2, 0.25) is 5.02 Å². The molecule has 1 aliphatic heterocycles. The summed E-state index contributed by atoms with van der Waals surface area (Å²) in [5, 5.41) is 9.08. The van der Waals surface area contributed by atoms with Gasteiger partial charge in [0.05, 0.1) is 6.54 Å². The molecule has 25 heavy (non-hydrogen) atoms. The molecule has 6 nitrogen and oxygen atoms in total.